The Kier molecular flexibility index (Phi) is 4.31. The van der Waals surface area contributed by atoms with E-state index in [-0.39, 0.29) is 10.5 Å². The molecule has 7 heteroatoms. The lowest BCUT2D eigenvalue weighted by Crippen LogP contribution is -2.36. The van der Waals surface area contributed by atoms with Gasteiger partial charge in [0, 0.05) is 11.5 Å². The van der Waals surface area contributed by atoms with Gasteiger partial charge in [0.25, 0.3) is 0 Å². The summed E-state index contributed by atoms with van der Waals surface area (Å²) in [5.41, 5.74) is 0. The van der Waals surface area contributed by atoms with Gasteiger partial charge in [-0.3, -0.25) is 4.79 Å². The molecule has 1 amide bonds. The second kappa shape index (κ2) is 4.84. The van der Waals surface area contributed by atoms with Gasteiger partial charge in [-0.2, -0.15) is 8.78 Å². The molecule has 1 heterocycles. The summed E-state index contributed by atoms with van der Waals surface area (Å²) in [6.45, 7) is -0.649. The maximum Gasteiger partial charge on any atom is 0.318 e. The van der Waals surface area contributed by atoms with Crippen LogP contribution in [0.25, 0.3) is 0 Å². The number of rotatable bonds is 3. The molecule has 1 aliphatic heterocycles. The Morgan fingerprint density at radius 2 is 2.08 bits per heavy atom. The highest BCUT2D eigenvalue weighted by atomic mass is 79.9. The molecule has 0 atom stereocenters. The Hall–Kier alpha value is 0.510. The highest BCUT2D eigenvalue weighted by Crippen LogP contribution is 2.32. The molecular formula is C6H8BrF2NOS2. The Bertz CT molecular complexity index is 194. The molecule has 1 saturated heterocycles. The van der Waals surface area contributed by atoms with E-state index in [9.17, 15) is 13.6 Å². The second-order valence-corrected chi connectivity index (χ2v) is 6.29. The van der Waals surface area contributed by atoms with Crippen molar-refractivity contribution in [3.63, 3.8) is 0 Å². The third kappa shape index (κ3) is 4.51. The first-order chi connectivity index (χ1) is 5.99. The van der Waals surface area contributed by atoms with E-state index in [4.69, 9.17) is 0 Å². The number of hydrogen-bond donors (Lipinski definition) is 1. The van der Waals surface area contributed by atoms with E-state index >= 15 is 0 Å². The predicted molar refractivity (Wildman–Crippen MR) is 55.6 cm³/mol. The molecule has 0 aliphatic carbocycles. The van der Waals surface area contributed by atoms with Gasteiger partial charge in [0.1, 0.15) is 4.58 Å². The fourth-order valence-corrected chi connectivity index (χ4v) is 3.55. The zero-order valence-electron chi connectivity index (χ0n) is 6.56. The van der Waals surface area contributed by atoms with Gasteiger partial charge in [0.2, 0.25) is 5.91 Å². The first-order valence-electron chi connectivity index (χ1n) is 3.57. The Labute approximate surface area is 91.7 Å². The Morgan fingerprint density at radius 1 is 1.54 bits per heavy atom. The third-order valence-corrected chi connectivity index (χ3v) is 4.57. The topological polar surface area (TPSA) is 29.1 Å². The maximum absolute atomic E-state index is 12.3. The maximum atomic E-state index is 12.3. The first-order valence-corrected chi connectivity index (χ1v) is 6.46. The van der Waals surface area contributed by atoms with Gasteiger partial charge in [-0.1, -0.05) is 0 Å². The number of amides is 1. The molecule has 1 fully saturated rings. The normalized spacial score (nSPS) is 19.0. The molecule has 0 aromatic carbocycles. The van der Waals surface area contributed by atoms with Crippen molar-refractivity contribution in [2.45, 2.75) is 9.41 Å². The van der Waals surface area contributed by atoms with E-state index in [1.807, 2.05) is 0 Å². The van der Waals surface area contributed by atoms with Crippen LogP contribution in [0.15, 0.2) is 0 Å². The quantitative estimate of drug-likeness (QED) is 0.806. The standard InChI is InChI=1S/C6H8BrF2NOS2/c7-6(8,9)3-10-4(11)5-12-1-2-13-5/h5H,1-3H2,(H,10,11). The summed E-state index contributed by atoms with van der Waals surface area (Å²) in [5, 5.41) is 2.19. The summed E-state index contributed by atoms with van der Waals surface area (Å²) in [4.78, 5) is 8.18. The SMILES string of the molecule is O=C(NCC(F)(F)Br)C1SCCS1. The zero-order valence-corrected chi connectivity index (χ0v) is 9.78. The summed E-state index contributed by atoms with van der Waals surface area (Å²) in [6, 6.07) is 0. The fourth-order valence-electron chi connectivity index (χ4n) is 0.780. The predicted octanol–water partition coefficient (Wildman–Crippen LogP) is 1.90. The van der Waals surface area contributed by atoms with E-state index in [0.29, 0.717) is 0 Å². The van der Waals surface area contributed by atoms with Gasteiger partial charge in [0.15, 0.2) is 0 Å². The van der Waals surface area contributed by atoms with Crippen LogP contribution < -0.4 is 5.32 Å². The van der Waals surface area contributed by atoms with Crippen LogP contribution in [-0.4, -0.2) is 33.4 Å². The largest absolute Gasteiger partial charge is 0.347 e. The molecule has 0 spiro atoms. The van der Waals surface area contributed by atoms with E-state index in [2.05, 4.69) is 21.2 Å². The average Bonchev–Trinajstić information content (AvgIpc) is 2.50. The van der Waals surface area contributed by atoms with Crippen molar-refractivity contribution in [1.29, 1.82) is 0 Å². The lowest BCUT2D eigenvalue weighted by atomic mass is 10.6. The summed E-state index contributed by atoms with van der Waals surface area (Å²) < 4.78 is 24.3. The number of hydrogen-bond acceptors (Lipinski definition) is 3. The highest BCUT2D eigenvalue weighted by Gasteiger charge is 2.28. The minimum Gasteiger partial charge on any atom is -0.347 e. The van der Waals surface area contributed by atoms with Gasteiger partial charge in [-0.25, -0.2) is 0 Å². The van der Waals surface area contributed by atoms with Gasteiger partial charge >= 0.3 is 4.83 Å². The number of halogens is 3. The molecular weight excluding hydrogens is 284 g/mol. The second-order valence-electron chi connectivity index (χ2n) is 2.41. The molecule has 1 aliphatic rings. The van der Waals surface area contributed by atoms with Crippen LogP contribution in [0, 0.1) is 0 Å². The van der Waals surface area contributed by atoms with Crippen LogP contribution >= 0.6 is 39.5 Å². The van der Waals surface area contributed by atoms with Gasteiger partial charge in [-0.05, 0) is 15.9 Å². The first kappa shape index (κ1) is 11.6. The van der Waals surface area contributed by atoms with Crippen molar-refractivity contribution in [2.24, 2.45) is 0 Å². The van der Waals surface area contributed by atoms with Gasteiger partial charge in [0.05, 0.1) is 6.54 Å². The molecule has 0 bridgehead atoms. The number of thioether (sulfide) groups is 2. The molecule has 0 unspecified atom stereocenters. The smallest absolute Gasteiger partial charge is 0.318 e. The molecule has 0 aromatic rings. The Morgan fingerprint density at radius 3 is 2.54 bits per heavy atom. The number of carbonyl (C=O) groups excluding carboxylic acids is 1. The van der Waals surface area contributed by atoms with Crippen molar-refractivity contribution in [1.82, 2.24) is 5.32 Å². The van der Waals surface area contributed by atoms with Crippen LogP contribution in [0.5, 0.6) is 0 Å². The number of nitrogens with one attached hydrogen (secondary N) is 1. The van der Waals surface area contributed by atoms with Crippen molar-refractivity contribution < 1.29 is 13.6 Å². The molecule has 76 valence electrons. The molecule has 1 rings (SSSR count). The zero-order chi connectivity index (χ0) is 9.90. The lowest BCUT2D eigenvalue weighted by Gasteiger charge is -2.12. The molecule has 13 heavy (non-hydrogen) atoms. The van der Waals surface area contributed by atoms with Crippen LogP contribution in [0.2, 0.25) is 0 Å². The number of alkyl halides is 3. The summed E-state index contributed by atoms with van der Waals surface area (Å²) in [7, 11) is 0. The van der Waals surface area contributed by atoms with Crippen LogP contribution in [0.1, 0.15) is 0 Å². The average molecular weight is 292 g/mol. The van der Waals surface area contributed by atoms with Crippen molar-refractivity contribution in [3.8, 4) is 0 Å². The molecule has 0 saturated carbocycles. The fraction of sp³-hybridized carbons (Fsp3) is 0.833. The van der Waals surface area contributed by atoms with E-state index in [1.165, 1.54) is 23.5 Å². The highest BCUT2D eigenvalue weighted by molar-refractivity contribution is 9.10. The monoisotopic (exact) mass is 291 g/mol. The molecule has 1 N–H and O–H groups in total. The van der Waals surface area contributed by atoms with Crippen molar-refractivity contribution in [3.05, 3.63) is 0 Å². The third-order valence-electron chi connectivity index (χ3n) is 1.30. The van der Waals surface area contributed by atoms with Gasteiger partial charge in [-0.15, -0.1) is 23.5 Å². The van der Waals surface area contributed by atoms with Crippen LogP contribution in [-0.2, 0) is 4.79 Å². The molecule has 0 aromatic heterocycles. The van der Waals surface area contributed by atoms with E-state index < -0.39 is 11.4 Å². The van der Waals surface area contributed by atoms with Crippen molar-refractivity contribution >= 4 is 45.4 Å². The Balaban J connectivity index is 2.25. The van der Waals surface area contributed by atoms with E-state index in [0.717, 1.165) is 11.5 Å². The molecule has 0 radical (unpaired) electrons. The summed E-state index contributed by atoms with van der Waals surface area (Å²) >= 11 is 5.14. The van der Waals surface area contributed by atoms with Gasteiger partial charge < -0.3 is 5.32 Å². The van der Waals surface area contributed by atoms with Crippen LogP contribution in [0.4, 0.5) is 8.78 Å². The summed E-state index contributed by atoms with van der Waals surface area (Å²) in [6.07, 6.45) is 0. The van der Waals surface area contributed by atoms with E-state index in [1.54, 1.807) is 0 Å². The van der Waals surface area contributed by atoms with Crippen LogP contribution in [0.3, 0.4) is 0 Å². The number of carbonyl (C=O) groups is 1. The minimum atomic E-state index is -3.00. The lowest BCUT2D eigenvalue weighted by molar-refractivity contribution is -0.119. The summed E-state index contributed by atoms with van der Waals surface area (Å²) in [5.74, 6) is 1.51. The van der Waals surface area contributed by atoms with Crippen molar-refractivity contribution in [2.75, 3.05) is 18.1 Å². The molecule has 2 nitrogen and oxygen atoms in total. The minimum absolute atomic E-state index is 0.213.